The van der Waals surface area contributed by atoms with Crippen LogP contribution in [-0.4, -0.2) is 51.7 Å². The van der Waals surface area contributed by atoms with Gasteiger partial charge in [0.15, 0.2) is 0 Å². The Hall–Kier alpha value is -1.69. The predicted octanol–water partition coefficient (Wildman–Crippen LogP) is 1.45. The molecule has 0 aliphatic carbocycles. The molecule has 0 radical (unpaired) electrons. The van der Waals surface area contributed by atoms with Gasteiger partial charge < -0.3 is 9.84 Å². The van der Waals surface area contributed by atoms with Gasteiger partial charge in [-0.15, -0.1) is 0 Å². The third-order valence-corrected chi connectivity index (χ3v) is 3.72. The van der Waals surface area contributed by atoms with E-state index in [0.29, 0.717) is 0 Å². The van der Waals surface area contributed by atoms with Crippen molar-refractivity contribution in [2.45, 2.75) is 25.7 Å². The van der Waals surface area contributed by atoms with Crippen molar-refractivity contribution in [2.24, 2.45) is 0 Å². The number of hydrogen-bond acceptors (Lipinski definition) is 4. The van der Waals surface area contributed by atoms with Crippen LogP contribution in [0.5, 0.6) is 0 Å². The van der Waals surface area contributed by atoms with Crippen LogP contribution in [0.3, 0.4) is 0 Å². The van der Waals surface area contributed by atoms with E-state index in [1.807, 2.05) is 16.9 Å². The van der Waals surface area contributed by atoms with Gasteiger partial charge in [0.1, 0.15) is 0 Å². The lowest BCUT2D eigenvalue weighted by Crippen LogP contribution is -2.47. The first-order valence-corrected chi connectivity index (χ1v) is 7.32. The van der Waals surface area contributed by atoms with Crippen LogP contribution in [0, 0.1) is 0 Å². The second-order valence-electron chi connectivity index (χ2n) is 5.56. The standard InChI is InChI=1S/C16H21N3O2/c1-13-9-18(11-16(12-20)21-13)10-14-3-5-15(6-4-14)19-8-2-7-17-19/h2-8,13,16,20H,9-12H2,1H3. The zero-order valence-electron chi connectivity index (χ0n) is 12.2. The molecule has 2 atom stereocenters. The maximum Gasteiger partial charge on any atom is 0.0936 e. The highest BCUT2D eigenvalue weighted by Crippen LogP contribution is 2.15. The summed E-state index contributed by atoms with van der Waals surface area (Å²) >= 11 is 0. The molecule has 5 heteroatoms. The monoisotopic (exact) mass is 287 g/mol. The molecule has 3 rings (SSSR count). The number of morpholine rings is 1. The fourth-order valence-corrected chi connectivity index (χ4v) is 2.80. The van der Waals surface area contributed by atoms with E-state index < -0.39 is 0 Å². The molecule has 2 heterocycles. The lowest BCUT2D eigenvalue weighted by molar-refractivity contribution is -0.0972. The number of ether oxygens (including phenoxy) is 1. The zero-order chi connectivity index (χ0) is 14.7. The molecule has 1 aliphatic rings. The van der Waals surface area contributed by atoms with E-state index in [4.69, 9.17) is 4.74 Å². The lowest BCUT2D eigenvalue weighted by Gasteiger charge is -2.36. The highest BCUT2D eigenvalue weighted by atomic mass is 16.5. The number of nitrogens with zero attached hydrogens (tertiary/aromatic N) is 3. The topological polar surface area (TPSA) is 50.5 Å². The maximum atomic E-state index is 9.27. The minimum Gasteiger partial charge on any atom is -0.394 e. The van der Waals surface area contributed by atoms with Crippen molar-refractivity contribution in [3.8, 4) is 5.69 Å². The van der Waals surface area contributed by atoms with Gasteiger partial charge in [-0.2, -0.15) is 5.10 Å². The summed E-state index contributed by atoms with van der Waals surface area (Å²) in [5.41, 5.74) is 2.32. The van der Waals surface area contributed by atoms with E-state index in [1.54, 1.807) is 6.20 Å². The van der Waals surface area contributed by atoms with Gasteiger partial charge in [-0.1, -0.05) is 12.1 Å². The molecular weight excluding hydrogens is 266 g/mol. The molecule has 1 aromatic carbocycles. The van der Waals surface area contributed by atoms with Crippen LogP contribution in [0.4, 0.5) is 0 Å². The van der Waals surface area contributed by atoms with Gasteiger partial charge in [0, 0.05) is 32.0 Å². The summed E-state index contributed by atoms with van der Waals surface area (Å²) in [7, 11) is 0. The molecule has 0 amide bonds. The van der Waals surface area contributed by atoms with E-state index in [1.165, 1.54) is 5.56 Å². The molecule has 1 aromatic heterocycles. The summed E-state index contributed by atoms with van der Waals surface area (Å²) < 4.78 is 7.52. The van der Waals surface area contributed by atoms with Crippen molar-refractivity contribution in [1.29, 1.82) is 0 Å². The van der Waals surface area contributed by atoms with Gasteiger partial charge in [-0.25, -0.2) is 4.68 Å². The summed E-state index contributed by atoms with van der Waals surface area (Å²) in [5, 5.41) is 13.5. The summed E-state index contributed by atoms with van der Waals surface area (Å²) in [5.74, 6) is 0. The molecule has 0 saturated carbocycles. The number of hydrogen-bond donors (Lipinski definition) is 1. The minimum absolute atomic E-state index is 0.0721. The molecule has 2 unspecified atom stereocenters. The fraction of sp³-hybridized carbons (Fsp3) is 0.438. The Morgan fingerprint density at radius 3 is 2.76 bits per heavy atom. The Bertz CT molecular complexity index is 553. The SMILES string of the molecule is CC1CN(Cc2ccc(-n3cccn3)cc2)CC(CO)O1. The maximum absolute atomic E-state index is 9.27. The fourth-order valence-electron chi connectivity index (χ4n) is 2.80. The van der Waals surface area contributed by atoms with Gasteiger partial charge in [0.25, 0.3) is 0 Å². The Kier molecular flexibility index (Phi) is 4.34. The summed E-state index contributed by atoms with van der Waals surface area (Å²) in [4.78, 5) is 2.33. The van der Waals surface area contributed by atoms with Crippen LogP contribution in [0.2, 0.25) is 0 Å². The first kappa shape index (κ1) is 14.3. The summed E-state index contributed by atoms with van der Waals surface area (Å²) in [6.07, 6.45) is 3.80. The van der Waals surface area contributed by atoms with E-state index in [2.05, 4.69) is 41.2 Å². The van der Waals surface area contributed by atoms with Crippen molar-refractivity contribution in [3.63, 3.8) is 0 Å². The van der Waals surface area contributed by atoms with Crippen molar-refractivity contribution in [1.82, 2.24) is 14.7 Å². The van der Waals surface area contributed by atoms with Gasteiger partial charge in [0.05, 0.1) is 24.5 Å². The summed E-state index contributed by atoms with van der Waals surface area (Å²) in [6.45, 7) is 4.69. The minimum atomic E-state index is -0.0721. The molecule has 21 heavy (non-hydrogen) atoms. The number of aliphatic hydroxyl groups excluding tert-OH is 1. The zero-order valence-corrected chi connectivity index (χ0v) is 12.2. The molecule has 0 spiro atoms. The first-order chi connectivity index (χ1) is 10.2. The number of rotatable bonds is 4. The largest absolute Gasteiger partial charge is 0.394 e. The molecule has 1 fully saturated rings. The van der Waals surface area contributed by atoms with Crippen molar-refractivity contribution < 1.29 is 9.84 Å². The molecule has 1 saturated heterocycles. The van der Waals surface area contributed by atoms with Crippen LogP contribution in [0.15, 0.2) is 42.7 Å². The first-order valence-electron chi connectivity index (χ1n) is 7.32. The molecule has 2 aromatic rings. The average Bonchev–Trinajstić information content (AvgIpc) is 3.01. The normalized spacial score (nSPS) is 23.3. The molecular formula is C16H21N3O2. The second-order valence-corrected chi connectivity index (χ2v) is 5.56. The predicted molar refractivity (Wildman–Crippen MR) is 80.3 cm³/mol. The van der Waals surface area contributed by atoms with E-state index in [0.717, 1.165) is 25.3 Å². The van der Waals surface area contributed by atoms with Gasteiger partial charge in [0.2, 0.25) is 0 Å². The number of aromatic nitrogens is 2. The molecule has 0 bridgehead atoms. The molecule has 5 nitrogen and oxygen atoms in total. The lowest BCUT2D eigenvalue weighted by atomic mass is 10.1. The Balaban J connectivity index is 1.65. The summed E-state index contributed by atoms with van der Waals surface area (Å²) in [6, 6.07) is 10.3. The van der Waals surface area contributed by atoms with Crippen LogP contribution >= 0.6 is 0 Å². The highest BCUT2D eigenvalue weighted by molar-refractivity contribution is 5.33. The highest BCUT2D eigenvalue weighted by Gasteiger charge is 2.24. The van der Waals surface area contributed by atoms with Crippen molar-refractivity contribution in [3.05, 3.63) is 48.3 Å². The van der Waals surface area contributed by atoms with Gasteiger partial charge in [-0.05, 0) is 30.7 Å². The second kappa shape index (κ2) is 6.39. The number of benzene rings is 1. The van der Waals surface area contributed by atoms with E-state index >= 15 is 0 Å². The number of aliphatic hydroxyl groups is 1. The van der Waals surface area contributed by atoms with Gasteiger partial charge >= 0.3 is 0 Å². The molecule has 112 valence electrons. The third-order valence-electron chi connectivity index (χ3n) is 3.72. The van der Waals surface area contributed by atoms with Crippen molar-refractivity contribution in [2.75, 3.05) is 19.7 Å². The quantitative estimate of drug-likeness (QED) is 0.925. The van der Waals surface area contributed by atoms with E-state index in [9.17, 15) is 5.11 Å². The smallest absolute Gasteiger partial charge is 0.0936 e. The third kappa shape index (κ3) is 3.50. The average molecular weight is 287 g/mol. The van der Waals surface area contributed by atoms with Gasteiger partial charge in [-0.3, -0.25) is 4.90 Å². The Morgan fingerprint density at radius 1 is 1.29 bits per heavy atom. The molecule has 1 N–H and O–H groups in total. The van der Waals surface area contributed by atoms with Crippen LogP contribution in [0.25, 0.3) is 5.69 Å². The Labute approximate surface area is 124 Å². The van der Waals surface area contributed by atoms with Crippen LogP contribution in [0.1, 0.15) is 12.5 Å². The van der Waals surface area contributed by atoms with Crippen LogP contribution < -0.4 is 0 Å². The van der Waals surface area contributed by atoms with Crippen molar-refractivity contribution >= 4 is 0 Å². The van der Waals surface area contributed by atoms with Crippen LogP contribution in [-0.2, 0) is 11.3 Å². The van der Waals surface area contributed by atoms with E-state index in [-0.39, 0.29) is 18.8 Å². The molecule has 1 aliphatic heterocycles. The Morgan fingerprint density at radius 2 is 2.10 bits per heavy atom.